The van der Waals surface area contributed by atoms with Gasteiger partial charge in [0.05, 0.1) is 0 Å². The Labute approximate surface area is 107 Å². The van der Waals surface area contributed by atoms with E-state index in [1.54, 1.807) is 18.2 Å². The molecule has 0 saturated carbocycles. The maximum atomic E-state index is 10.8. The molecule has 0 spiro atoms. The minimum absolute atomic E-state index is 0.192. The van der Waals surface area contributed by atoms with Crippen molar-refractivity contribution in [1.82, 2.24) is 10.2 Å². The predicted octanol–water partition coefficient (Wildman–Crippen LogP) is 2.66. The second-order valence-corrected chi connectivity index (χ2v) is 4.06. The maximum absolute atomic E-state index is 10.8. The second-order valence-electron chi connectivity index (χ2n) is 3.25. The molecular weight excluding hydrogens is 263 g/mol. The Balaban J connectivity index is 2.12. The maximum Gasteiger partial charge on any atom is 0.264 e. The molecule has 0 radical (unpaired) electrons. The minimum Gasteiger partial charge on any atom is -0.472 e. The van der Waals surface area contributed by atoms with E-state index in [4.69, 9.17) is 27.9 Å². The van der Waals surface area contributed by atoms with E-state index in [1.807, 2.05) is 0 Å². The highest BCUT2D eigenvalue weighted by atomic mass is 35.5. The number of hydrogen-bond donors (Lipinski definition) is 1. The van der Waals surface area contributed by atoms with Crippen LogP contribution in [-0.2, 0) is 6.61 Å². The summed E-state index contributed by atoms with van der Waals surface area (Å²) in [5.41, 5.74) is 0.400. The van der Waals surface area contributed by atoms with E-state index in [-0.39, 0.29) is 12.2 Å². The van der Waals surface area contributed by atoms with E-state index in [9.17, 15) is 4.79 Å². The molecule has 6 heteroatoms. The van der Waals surface area contributed by atoms with Crippen molar-refractivity contribution in [3.05, 3.63) is 56.3 Å². The number of nitrogens with zero attached hydrogens (tertiary/aromatic N) is 1. The third kappa shape index (κ3) is 2.99. The second kappa shape index (κ2) is 5.21. The number of H-pyrrole nitrogens is 1. The molecule has 88 valence electrons. The van der Waals surface area contributed by atoms with Gasteiger partial charge in [-0.25, -0.2) is 5.10 Å². The first-order valence-corrected chi connectivity index (χ1v) is 5.54. The summed E-state index contributed by atoms with van der Waals surface area (Å²) in [6.07, 6.45) is 0. The monoisotopic (exact) mass is 270 g/mol. The SMILES string of the molecule is O=c1ccc(OCc2c(Cl)cccc2Cl)n[nH]1. The highest BCUT2D eigenvalue weighted by molar-refractivity contribution is 6.35. The van der Waals surface area contributed by atoms with Crippen molar-refractivity contribution in [2.45, 2.75) is 6.61 Å². The van der Waals surface area contributed by atoms with Crippen LogP contribution < -0.4 is 10.3 Å². The molecule has 0 aliphatic heterocycles. The van der Waals surface area contributed by atoms with E-state index < -0.39 is 0 Å². The van der Waals surface area contributed by atoms with Crippen LogP contribution in [0.25, 0.3) is 0 Å². The van der Waals surface area contributed by atoms with Crippen molar-refractivity contribution in [2.24, 2.45) is 0 Å². The van der Waals surface area contributed by atoms with Gasteiger partial charge in [-0.15, -0.1) is 5.10 Å². The smallest absolute Gasteiger partial charge is 0.264 e. The topological polar surface area (TPSA) is 55.0 Å². The number of ether oxygens (including phenoxy) is 1. The average Bonchev–Trinajstić information content (AvgIpc) is 2.31. The van der Waals surface area contributed by atoms with Gasteiger partial charge in [0.1, 0.15) is 6.61 Å². The lowest BCUT2D eigenvalue weighted by Gasteiger charge is -2.07. The Morgan fingerprint density at radius 2 is 1.88 bits per heavy atom. The normalized spacial score (nSPS) is 10.2. The number of benzene rings is 1. The van der Waals surface area contributed by atoms with Crippen LogP contribution in [-0.4, -0.2) is 10.2 Å². The molecule has 0 amide bonds. The lowest BCUT2D eigenvalue weighted by molar-refractivity contribution is 0.290. The lowest BCUT2D eigenvalue weighted by Crippen LogP contribution is -2.07. The van der Waals surface area contributed by atoms with Crippen molar-refractivity contribution in [2.75, 3.05) is 0 Å². The van der Waals surface area contributed by atoms with Gasteiger partial charge in [0.25, 0.3) is 5.56 Å². The Morgan fingerprint density at radius 1 is 1.18 bits per heavy atom. The van der Waals surface area contributed by atoms with Crippen molar-refractivity contribution < 1.29 is 4.74 Å². The fourth-order valence-corrected chi connectivity index (χ4v) is 1.73. The number of halogens is 2. The van der Waals surface area contributed by atoms with Crippen molar-refractivity contribution in [3.8, 4) is 5.88 Å². The summed E-state index contributed by atoms with van der Waals surface area (Å²) in [6.45, 7) is 0.192. The van der Waals surface area contributed by atoms with Crippen molar-refractivity contribution in [1.29, 1.82) is 0 Å². The molecule has 0 atom stereocenters. The van der Waals surface area contributed by atoms with Gasteiger partial charge >= 0.3 is 0 Å². The van der Waals surface area contributed by atoms with Crippen LogP contribution in [0.4, 0.5) is 0 Å². The number of hydrogen-bond acceptors (Lipinski definition) is 3. The molecule has 0 unspecified atom stereocenters. The Hall–Kier alpha value is -1.52. The van der Waals surface area contributed by atoms with Crippen LogP contribution in [0.2, 0.25) is 10.0 Å². The molecule has 1 aromatic carbocycles. The predicted molar refractivity (Wildman–Crippen MR) is 65.7 cm³/mol. The van der Waals surface area contributed by atoms with Gasteiger partial charge in [0.2, 0.25) is 5.88 Å². The number of nitrogens with one attached hydrogen (secondary N) is 1. The van der Waals surface area contributed by atoms with Gasteiger partial charge in [-0.2, -0.15) is 0 Å². The van der Waals surface area contributed by atoms with E-state index in [2.05, 4.69) is 10.2 Å². The van der Waals surface area contributed by atoms with Crippen LogP contribution in [0, 0.1) is 0 Å². The van der Waals surface area contributed by atoms with Crippen LogP contribution in [0.5, 0.6) is 5.88 Å². The van der Waals surface area contributed by atoms with E-state index in [1.165, 1.54) is 12.1 Å². The van der Waals surface area contributed by atoms with Crippen molar-refractivity contribution in [3.63, 3.8) is 0 Å². The molecule has 2 rings (SSSR count). The van der Waals surface area contributed by atoms with E-state index in [0.29, 0.717) is 21.5 Å². The summed E-state index contributed by atoms with van der Waals surface area (Å²) in [6, 6.07) is 8.02. The highest BCUT2D eigenvalue weighted by Crippen LogP contribution is 2.25. The highest BCUT2D eigenvalue weighted by Gasteiger charge is 2.06. The molecule has 4 nitrogen and oxygen atoms in total. The first kappa shape index (κ1) is 12.0. The standard InChI is InChI=1S/C11H8Cl2N2O2/c12-8-2-1-3-9(13)7(8)6-17-11-5-4-10(16)14-15-11/h1-5H,6H2,(H,14,16). The summed E-state index contributed by atoms with van der Waals surface area (Å²) in [5.74, 6) is 0.306. The molecule has 17 heavy (non-hydrogen) atoms. The Morgan fingerprint density at radius 3 is 2.47 bits per heavy atom. The van der Waals surface area contributed by atoms with Gasteiger partial charge < -0.3 is 4.74 Å². The summed E-state index contributed by atoms with van der Waals surface area (Å²) in [7, 11) is 0. The molecule has 1 heterocycles. The zero-order valence-electron chi connectivity index (χ0n) is 8.61. The van der Waals surface area contributed by atoms with E-state index in [0.717, 1.165) is 0 Å². The summed E-state index contributed by atoms with van der Waals surface area (Å²) in [4.78, 5) is 10.8. The van der Waals surface area contributed by atoms with E-state index >= 15 is 0 Å². The van der Waals surface area contributed by atoms with Gasteiger partial charge in [-0.05, 0) is 12.1 Å². The third-order valence-corrected chi connectivity index (χ3v) is 2.79. The van der Waals surface area contributed by atoms with Gasteiger partial charge in [-0.1, -0.05) is 29.3 Å². The number of rotatable bonds is 3. The van der Waals surface area contributed by atoms with Crippen LogP contribution in [0.15, 0.2) is 35.1 Å². The molecule has 1 N–H and O–H groups in total. The third-order valence-electron chi connectivity index (χ3n) is 2.08. The summed E-state index contributed by atoms with van der Waals surface area (Å²) < 4.78 is 5.36. The minimum atomic E-state index is -0.284. The fourth-order valence-electron chi connectivity index (χ4n) is 1.23. The zero-order valence-corrected chi connectivity index (χ0v) is 10.1. The molecule has 0 saturated heterocycles. The molecule has 0 bridgehead atoms. The molecule has 0 aliphatic rings. The van der Waals surface area contributed by atoms with Crippen LogP contribution >= 0.6 is 23.2 Å². The Bertz CT molecular complexity index is 543. The van der Waals surface area contributed by atoms with Gasteiger partial charge in [-0.3, -0.25) is 4.79 Å². The number of aromatic nitrogens is 2. The summed E-state index contributed by atoms with van der Waals surface area (Å²) in [5, 5.41) is 7.03. The van der Waals surface area contributed by atoms with Crippen LogP contribution in [0.1, 0.15) is 5.56 Å². The van der Waals surface area contributed by atoms with Gasteiger partial charge in [0, 0.05) is 27.7 Å². The quantitative estimate of drug-likeness (QED) is 0.933. The van der Waals surface area contributed by atoms with Crippen molar-refractivity contribution >= 4 is 23.2 Å². The zero-order chi connectivity index (χ0) is 12.3. The lowest BCUT2D eigenvalue weighted by atomic mass is 10.2. The summed E-state index contributed by atoms with van der Waals surface area (Å²) >= 11 is 12.0. The van der Waals surface area contributed by atoms with Gasteiger partial charge in [0.15, 0.2) is 0 Å². The average molecular weight is 271 g/mol. The molecular formula is C11H8Cl2N2O2. The fraction of sp³-hybridized carbons (Fsp3) is 0.0909. The van der Waals surface area contributed by atoms with Crippen LogP contribution in [0.3, 0.4) is 0 Å². The first-order chi connectivity index (χ1) is 8.16. The number of aromatic amines is 1. The molecule has 0 fully saturated rings. The molecule has 0 aliphatic carbocycles. The largest absolute Gasteiger partial charge is 0.472 e. The first-order valence-electron chi connectivity index (χ1n) is 4.78. The Kier molecular flexibility index (Phi) is 3.66. The molecule has 1 aromatic heterocycles. The molecule has 2 aromatic rings.